The van der Waals surface area contributed by atoms with E-state index in [9.17, 15) is 9.59 Å². The zero-order valence-electron chi connectivity index (χ0n) is 10.4. The molecule has 0 aliphatic heterocycles. The number of nitrogens with zero attached hydrogens (tertiary/aromatic N) is 2. The summed E-state index contributed by atoms with van der Waals surface area (Å²) in [6.07, 6.45) is 1.44. The molecule has 0 aliphatic carbocycles. The SMILES string of the molecule is NC(=O)NC(=O)CSc1cc(-c2ccccc2)ncn1. The molecule has 7 heteroatoms. The summed E-state index contributed by atoms with van der Waals surface area (Å²) in [5, 5.41) is 2.65. The van der Waals surface area contributed by atoms with Crippen LogP contribution in [-0.4, -0.2) is 27.7 Å². The first kappa shape index (κ1) is 14.0. The van der Waals surface area contributed by atoms with Crippen LogP contribution in [0.1, 0.15) is 0 Å². The molecule has 2 aromatic rings. The zero-order chi connectivity index (χ0) is 14.4. The predicted octanol–water partition coefficient (Wildman–Crippen LogP) is 1.43. The Hall–Kier alpha value is -2.41. The van der Waals surface area contributed by atoms with E-state index in [1.54, 1.807) is 6.07 Å². The Kier molecular flexibility index (Phi) is 4.67. The molecule has 0 atom stereocenters. The fraction of sp³-hybridized carbons (Fsp3) is 0.0769. The number of carbonyl (C=O) groups is 2. The first-order chi connectivity index (χ1) is 9.65. The van der Waals surface area contributed by atoms with Gasteiger partial charge in [-0.1, -0.05) is 42.1 Å². The monoisotopic (exact) mass is 288 g/mol. The van der Waals surface area contributed by atoms with Gasteiger partial charge in [0.25, 0.3) is 0 Å². The number of benzene rings is 1. The number of hydrogen-bond acceptors (Lipinski definition) is 5. The fourth-order valence-electron chi connectivity index (χ4n) is 1.50. The molecule has 0 aliphatic rings. The van der Waals surface area contributed by atoms with Gasteiger partial charge in [0.15, 0.2) is 0 Å². The van der Waals surface area contributed by atoms with Crippen molar-refractivity contribution in [3.63, 3.8) is 0 Å². The number of thioether (sulfide) groups is 1. The van der Waals surface area contributed by atoms with Gasteiger partial charge >= 0.3 is 6.03 Å². The largest absolute Gasteiger partial charge is 0.351 e. The molecule has 6 nitrogen and oxygen atoms in total. The predicted molar refractivity (Wildman–Crippen MR) is 75.9 cm³/mol. The van der Waals surface area contributed by atoms with Crippen LogP contribution in [0.2, 0.25) is 0 Å². The topological polar surface area (TPSA) is 98.0 Å². The van der Waals surface area contributed by atoms with E-state index in [0.29, 0.717) is 5.03 Å². The third kappa shape index (κ3) is 4.06. The molecule has 0 spiro atoms. The molecule has 20 heavy (non-hydrogen) atoms. The van der Waals surface area contributed by atoms with Crippen LogP contribution in [0, 0.1) is 0 Å². The summed E-state index contributed by atoms with van der Waals surface area (Å²) in [6, 6.07) is 10.6. The van der Waals surface area contributed by atoms with Crippen LogP contribution in [0.5, 0.6) is 0 Å². The second-order valence-electron chi connectivity index (χ2n) is 3.81. The van der Waals surface area contributed by atoms with Crippen molar-refractivity contribution in [1.29, 1.82) is 0 Å². The maximum atomic E-state index is 11.3. The third-order valence-corrected chi connectivity index (χ3v) is 3.25. The van der Waals surface area contributed by atoms with E-state index in [1.807, 2.05) is 35.6 Å². The van der Waals surface area contributed by atoms with Gasteiger partial charge in [-0.15, -0.1) is 0 Å². The quantitative estimate of drug-likeness (QED) is 0.655. The summed E-state index contributed by atoms with van der Waals surface area (Å²) in [7, 11) is 0. The van der Waals surface area contributed by atoms with Gasteiger partial charge in [0, 0.05) is 5.56 Å². The number of nitrogens with two attached hydrogens (primary N) is 1. The molecule has 3 amide bonds. The summed E-state index contributed by atoms with van der Waals surface area (Å²) in [6.45, 7) is 0. The summed E-state index contributed by atoms with van der Waals surface area (Å²) < 4.78 is 0. The summed E-state index contributed by atoms with van der Waals surface area (Å²) in [5.74, 6) is -0.392. The van der Waals surface area contributed by atoms with Crippen LogP contribution in [-0.2, 0) is 4.79 Å². The van der Waals surface area contributed by atoms with Crippen molar-refractivity contribution in [2.24, 2.45) is 5.73 Å². The standard InChI is InChI=1S/C13H12N4O2S/c14-13(19)17-11(18)7-20-12-6-10(15-8-16-12)9-4-2-1-3-5-9/h1-6,8H,7H2,(H3,14,17,18,19). The number of primary amides is 1. The molecule has 0 unspecified atom stereocenters. The number of hydrogen-bond donors (Lipinski definition) is 2. The van der Waals surface area contributed by atoms with Crippen LogP contribution in [0.3, 0.4) is 0 Å². The molecule has 0 saturated heterocycles. The van der Waals surface area contributed by atoms with E-state index < -0.39 is 11.9 Å². The van der Waals surface area contributed by atoms with Crippen molar-refractivity contribution in [1.82, 2.24) is 15.3 Å². The Morgan fingerprint density at radius 3 is 2.65 bits per heavy atom. The number of nitrogens with one attached hydrogen (secondary N) is 1. The number of carbonyl (C=O) groups excluding carboxylic acids is 2. The van der Waals surface area contributed by atoms with Gasteiger partial charge in [0.1, 0.15) is 11.4 Å². The zero-order valence-corrected chi connectivity index (χ0v) is 11.3. The van der Waals surface area contributed by atoms with Gasteiger partial charge < -0.3 is 5.73 Å². The normalized spacial score (nSPS) is 10.0. The lowest BCUT2D eigenvalue weighted by atomic mass is 10.1. The van der Waals surface area contributed by atoms with Crippen LogP contribution in [0.25, 0.3) is 11.3 Å². The Morgan fingerprint density at radius 2 is 1.95 bits per heavy atom. The van der Waals surface area contributed by atoms with Crippen LogP contribution in [0.4, 0.5) is 4.79 Å². The highest BCUT2D eigenvalue weighted by atomic mass is 32.2. The van der Waals surface area contributed by atoms with E-state index in [-0.39, 0.29) is 5.75 Å². The lowest BCUT2D eigenvalue weighted by Crippen LogP contribution is -2.36. The van der Waals surface area contributed by atoms with Crippen molar-refractivity contribution in [3.05, 3.63) is 42.7 Å². The lowest BCUT2D eigenvalue weighted by molar-refractivity contribution is -0.117. The van der Waals surface area contributed by atoms with Crippen molar-refractivity contribution < 1.29 is 9.59 Å². The van der Waals surface area contributed by atoms with Crippen LogP contribution < -0.4 is 11.1 Å². The average Bonchev–Trinajstić information content (AvgIpc) is 2.46. The number of amides is 3. The average molecular weight is 288 g/mol. The molecule has 102 valence electrons. The molecule has 0 radical (unpaired) electrons. The van der Waals surface area contributed by atoms with E-state index in [1.165, 1.54) is 18.1 Å². The van der Waals surface area contributed by atoms with E-state index in [0.717, 1.165) is 11.3 Å². The van der Waals surface area contributed by atoms with E-state index in [2.05, 4.69) is 9.97 Å². The number of urea groups is 1. The Bertz CT molecular complexity index is 619. The van der Waals surface area contributed by atoms with Gasteiger partial charge in [-0.3, -0.25) is 10.1 Å². The molecule has 0 bridgehead atoms. The first-order valence-electron chi connectivity index (χ1n) is 5.74. The molecule has 3 N–H and O–H groups in total. The van der Waals surface area contributed by atoms with Gasteiger partial charge in [0.2, 0.25) is 5.91 Å². The minimum atomic E-state index is -0.858. The molecule has 0 fully saturated rings. The highest BCUT2D eigenvalue weighted by molar-refractivity contribution is 7.99. The van der Waals surface area contributed by atoms with Crippen molar-refractivity contribution in [2.75, 3.05) is 5.75 Å². The first-order valence-corrected chi connectivity index (χ1v) is 6.73. The second-order valence-corrected chi connectivity index (χ2v) is 4.80. The van der Waals surface area contributed by atoms with Crippen molar-refractivity contribution in [2.45, 2.75) is 5.03 Å². The summed E-state index contributed by atoms with van der Waals surface area (Å²) in [5.41, 5.74) is 6.60. The Morgan fingerprint density at radius 1 is 1.20 bits per heavy atom. The van der Waals surface area contributed by atoms with Crippen LogP contribution >= 0.6 is 11.8 Å². The molecule has 0 saturated carbocycles. The van der Waals surface area contributed by atoms with Gasteiger partial charge in [0.05, 0.1) is 11.4 Å². The molecular weight excluding hydrogens is 276 g/mol. The van der Waals surface area contributed by atoms with Gasteiger partial charge in [-0.25, -0.2) is 14.8 Å². The fourth-order valence-corrected chi connectivity index (χ4v) is 2.17. The Balaban J connectivity index is 2.04. The highest BCUT2D eigenvalue weighted by Crippen LogP contribution is 2.21. The van der Waals surface area contributed by atoms with Gasteiger partial charge in [-0.05, 0) is 6.07 Å². The summed E-state index contributed by atoms with van der Waals surface area (Å²) >= 11 is 1.21. The highest BCUT2D eigenvalue weighted by Gasteiger charge is 2.07. The molecule has 1 aromatic heterocycles. The minimum Gasteiger partial charge on any atom is -0.351 e. The van der Waals surface area contributed by atoms with E-state index in [4.69, 9.17) is 5.73 Å². The molecule has 1 heterocycles. The Labute approximate surface area is 119 Å². The minimum absolute atomic E-state index is 0.0637. The third-order valence-electron chi connectivity index (χ3n) is 2.33. The second kappa shape index (κ2) is 6.67. The number of aromatic nitrogens is 2. The summed E-state index contributed by atoms with van der Waals surface area (Å²) in [4.78, 5) is 30.1. The molecule has 2 rings (SSSR count). The maximum Gasteiger partial charge on any atom is 0.318 e. The number of imide groups is 1. The number of rotatable bonds is 4. The van der Waals surface area contributed by atoms with Crippen molar-refractivity contribution in [3.8, 4) is 11.3 Å². The molecular formula is C13H12N4O2S. The maximum absolute atomic E-state index is 11.3. The molecule has 1 aromatic carbocycles. The van der Waals surface area contributed by atoms with Crippen molar-refractivity contribution >= 4 is 23.7 Å². The van der Waals surface area contributed by atoms with E-state index >= 15 is 0 Å². The van der Waals surface area contributed by atoms with Gasteiger partial charge in [-0.2, -0.15) is 0 Å². The smallest absolute Gasteiger partial charge is 0.318 e. The lowest BCUT2D eigenvalue weighted by Gasteiger charge is -2.03. The van der Waals surface area contributed by atoms with Crippen LogP contribution in [0.15, 0.2) is 47.8 Å².